The summed E-state index contributed by atoms with van der Waals surface area (Å²) in [5.74, 6) is 6.94. The molecule has 1 aliphatic heterocycles. The standard InChI is InChI=1S/C29H28ClN3O2/c1-20-4-2-5-21(18-20)13-16-29(35)15-3-6-26-25(29)14-17-33(26)28(34)22-7-12-27(31-19-22)32-24-10-8-23(30)9-11-24/h2,4-5,7-12,18-19,25-26,35H,3,6,14-15,17H2,1H3,(H,31,32)/t25-,26-,29-/m1/s1. The van der Waals surface area contributed by atoms with Gasteiger partial charge in [0.2, 0.25) is 0 Å². The van der Waals surface area contributed by atoms with Crippen molar-refractivity contribution in [1.29, 1.82) is 0 Å². The molecular weight excluding hydrogens is 458 g/mol. The number of halogens is 1. The van der Waals surface area contributed by atoms with Crippen LogP contribution in [0.15, 0.2) is 66.9 Å². The maximum atomic E-state index is 13.4. The second kappa shape index (κ2) is 9.73. The minimum absolute atomic E-state index is 0.0140. The van der Waals surface area contributed by atoms with Gasteiger partial charge in [0.05, 0.1) is 5.56 Å². The van der Waals surface area contributed by atoms with Crippen molar-refractivity contribution in [2.24, 2.45) is 5.92 Å². The fourth-order valence-electron chi connectivity index (χ4n) is 5.29. The third kappa shape index (κ3) is 5.05. The predicted octanol–water partition coefficient (Wildman–Crippen LogP) is 5.58. The number of hydrogen-bond acceptors (Lipinski definition) is 4. The van der Waals surface area contributed by atoms with E-state index in [2.05, 4.69) is 22.1 Å². The average Bonchev–Trinajstić information content (AvgIpc) is 3.30. The normalized spacial score (nSPS) is 23.2. The molecule has 0 spiro atoms. The Morgan fingerprint density at radius 2 is 2.00 bits per heavy atom. The number of pyridine rings is 1. The number of fused-ring (bicyclic) bond motifs is 1. The molecule has 1 saturated carbocycles. The summed E-state index contributed by atoms with van der Waals surface area (Å²) in [6, 6.07) is 19.0. The van der Waals surface area contributed by atoms with E-state index in [1.54, 1.807) is 18.3 Å². The lowest BCUT2D eigenvalue weighted by Crippen LogP contribution is -2.49. The molecule has 1 aromatic heterocycles. The molecule has 1 amide bonds. The molecule has 0 unspecified atom stereocenters. The van der Waals surface area contributed by atoms with E-state index in [0.717, 1.165) is 36.1 Å². The monoisotopic (exact) mass is 485 g/mol. The fraction of sp³-hybridized carbons (Fsp3) is 0.310. The van der Waals surface area contributed by atoms with E-state index in [1.807, 2.05) is 60.4 Å². The van der Waals surface area contributed by atoms with Crippen LogP contribution in [0.1, 0.15) is 47.2 Å². The van der Waals surface area contributed by atoms with Gasteiger partial charge in [-0.15, -0.1) is 0 Å². The van der Waals surface area contributed by atoms with Gasteiger partial charge in [0.25, 0.3) is 5.91 Å². The summed E-state index contributed by atoms with van der Waals surface area (Å²) in [4.78, 5) is 19.7. The molecule has 3 atom stereocenters. The van der Waals surface area contributed by atoms with E-state index < -0.39 is 5.60 Å². The Labute approximate surface area is 211 Å². The first-order chi connectivity index (χ1) is 16.9. The first kappa shape index (κ1) is 23.4. The Kier molecular flexibility index (Phi) is 6.51. The van der Waals surface area contributed by atoms with Crippen molar-refractivity contribution in [1.82, 2.24) is 9.88 Å². The van der Waals surface area contributed by atoms with Gasteiger partial charge in [-0.3, -0.25) is 4.79 Å². The molecule has 2 aromatic carbocycles. The molecular formula is C29H28ClN3O2. The lowest BCUT2D eigenvalue weighted by Gasteiger charge is -2.40. The van der Waals surface area contributed by atoms with Gasteiger partial charge in [-0.1, -0.05) is 35.6 Å². The molecule has 1 aliphatic carbocycles. The molecule has 5 rings (SSSR count). The van der Waals surface area contributed by atoms with Crippen LogP contribution < -0.4 is 5.32 Å². The van der Waals surface area contributed by atoms with Gasteiger partial charge in [0.15, 0.2) is 0 Å². The van der Waals surface area contributed by atoms with Gasteiger partial charge in [0, 0.05) is 41.0 Å². The van der Waals surface area contributed by atoms with E-state index in [-0.39, 0.29) is 17.9 Å². The lowest BCUT2D eigenvalue weighted by atomic mass is 9.72. The van der Waals surface area contributed by atoms with Gasteiger partial charge in [-0.2, -0.15) is 0 Å². The second-order valence-electron chi connectivity index (χ2n) is 9.46. The van der Waals surface area contributed by atoms with E-state index >= 15 is 0 Å². The third-order valence-corrected chi connectivity index (χ3v) is 7.30. The topological polar surface area (TPSA) is 65.5 Å². The summed E-state index contributed by atoms with van der Waals surface area (Å²) in [5, 5.41) is 15.4. The van der Waals surface area contributed by atoms with E-state index in [0.29, 0.717) is 29.4 Å². The highest BCUT2D eigenvalue weighted by atomic mass is 35.5. The summed E-state index contributed by atoms with van der Waals surface area (Å²) in [5.41, 5.74) is 2.39. The first-order valence-electron chi connectivity index (χ1n) is 12.0. The van der Waals surface area contributed by atoms with Crippen LogP contribution in [0.3, 0.4) is 0 Å². The van der Waals surface area contributed by atoms with Crippen LogP contribution in [0.4, 0.5) is 11.5 Å². The molecule has 1 saturated heterocycles. The smallest absolute Gasteiger partial charge is 0.255 e. The number of benzene rings is 2. The zero-order valence-electron chi connectivity index (χ0n) is 19.7. The number of carbonyl (C=O) groups excluding carboxylic acids is 1. The summed E-state index contributed by atoms with van der Waals surface area (Å²) < 4.78 is 0. The van der Waals surface area contributed by atoms with E-state index in [4.69, 9.17) is 11.6 Å². The number of hydrogen-bond donors (Lipinski definition) is 2. The number of aryl methyl sites for hydroxylation is 1. The zero-order valence-corrected chi connectivity index (χ0v) is 20.4. The van der Waals surface area contributed by atoms with Crippen LogP contribution in [0.5, 0.6) is 0 Å². The third-order valence-electron chi connectivity index (χ3n) is 7.05. The van der Waals surface area contributed by atoms with Crippen LogP contribution in [-0.2, 0) is 0 Å². The molecule has 0 radical (unpaired) electrons. The maximum Gasteiger partial charge on any atom is 0.255 e. The Morgan fingerprint density at radius 3 is 2.74 bits per heavy atom. The molecule has 6 heteroatoms. The van der Waals surface area contributed by atoms with Gasteiger partial charge in [-0.05, 0) is 86.7 Å². The Hall–Kier alpha value is -3.33. The van der Waals surface area contributed by atoms with Crippen molar-refractivity contribution >= 4 is 29.0 Å². The number of carbonyl (C=O) groups is 1. The predicted molar refractivity (Wildman–Crippen MR) is 139 cm³/mol. The van der Waals surface area contributed by atoms with Crippen molar-refractivity contribution in [3.63, 3.8) is 0 Å². The quantitative estimate of drug-likeness (QED) is 0.475. The highest BCUT2D eigenvalue weighted by Gasteiger charge is 2.50. The summed E-state index contributed by atoms with van der Waals surface area (Å²) in [6.45, 7) is 2.65. The second-order valence-corrected chi connectivity index (χ2v) is 9.90. The van der Waals surface area contributed by atoms with Crippen molar-refractivity contribution in [2.75, 3.05) is 11.9 Å². The molecule has 35 heavy (non-hydrogen) atoms. The van der Waals surface area contributed by atoms with Crippen molar-refractivity contribution in [3.05, 3.63) is 88.6 Å². The molecule has 5 nitrogen and oxygen atoms in total. The molecule has 2 heterocycles. The minimum atomic E-state index is -1.08. The number of nitrogens with one attached hydrogen (secondary N) is 1. The molecule has 178 valence electrons. The Morgan fingerprint density at radius 1 is 1.17 bits per heavy atom. The molecule has 2 N–H and O–H groups in total. The van der Waals surface area contributed by atoms with Crippen molar-refractivity contribution in [2.45, 2.75) is 44.2 Å². The number of aromatic nitrogens is 1. The van der Waals surface area contributed by atoms with Gasteiger partial charge < -0.3 is 15.3 Å². The van der Waals surface area contributed by atoms with Gasteiger partial charge >= 0.3 is 0 Å². The van der Waals surface area contributed by atoms with Crippen LogP contribution in [0, 0.1) is 24.7 Å². The number of aliphatic hydroxyl groups is 1. The number of nitrogens with zero attached hydrogens (tertiary/aromatic N) is 2. The number of anilines is 2. The number of rotatable bonds is 3. The zero-order chi connectivity index (χ0) is 24.4. The first-order valence-corrected chi connectivity index (χ1v) is 12.4. The lowest BCUT2D eigenvalue weighted by molar-refractivity contribution is -0.0126. The SMILES string of the molecule is Cc1cccc(C#C[C@]2(O)CCC[C@@H]3[C@H]2CCN3C(=O)c2ccc(Nc3ccc(Cl)cc3)nc2)c1. The largest absolute Gasteiger partial charge is 0.377 e. The van der Waals surface area contributed by atoms with E-state index in [1.165, 1.54) is 0 Å². The van der Waals surface area contributed by atoms with Crippen LogP contribution >= 0.6 is 11.6 Å². The van der Waals surface area contributed by atoms with Crippen molar-refractivity contribution in [3.8, 4) is 11.8 Å². The highest BCUT2D eigenvalue weighted by molar-refractivity contribution is 6.30. The Balaban J connectivity index is 1.29. The summed E-state index contributed by atoms with van der Waals surface area (Å²) in [6.07, 6.45) is 4.72. The van der Waals surface area contributed by atoms with Crippen molar-refractivity contribution < 1.29 is 9.90 Å². The Bertz CT molecular complexity index is 1280. The molecule has 3 aromatic rings. The van der Waals surface area contributed by atoms with Gasteiger partial charge in [0.1, 0.15) is 11.4 Å². The average molecular weight is 486 g/mol. The maximum absolute atomic E-state index is 13.4. The highest BCUT2D eigenvalue weighted by Crippen LogP contribution is 2.43. The van der Waals surface area contributed by atoms with Crippen LogP contribution in [0.2, 0.25) is 5.02 Å². The number of likely N-dealkylation sites (tertiary alicyclic amines) is 1. The van der Waals surface area contributed by atoms with Gasteiger partial charge in [-0.25, -0.2) is 4.98 Å². The summed E-state index contributed by atoms with van der Waals surface area (Å²) in [7, 11) is 0. The number of amides is 1. The molecule has 2 aliphatic rings. The summed E-state index contributed by atoms with van der Waals surface area (Å²) >= 11 is 5.94. The van der Waals surface area contributed by atoms with Crippen LogP contribution in [-0.4, -0.2) is 39.1 Å². The fourth-order valence-corrected chi connectivity index (χ4v) is 5.41. The molecule has 2 fully saturated rings. The van der Waals surface area contributed by atoms with E-state index in [9.17, 15) is 9.90 Å². The van der Waals surface area contributed by atoms with Crippen LogP contribution in [0.25, 0.3) is 0 Å². The molecule has 0 bridgehead atoms. The minimum Gasteiger partial charge on any atom is -0.377 e.